The van der Waals surface area contributed by atoms with Gasteiger partial charge in [0, 0.05) is 0 Å². The average Bonchev–Trinajstić information content (AvgIpc) is 2.82. The van der Waals surface area contributed by atoms with Gasteiger partial charge in [-0.25, -0.2) is 4.98 Å². The van der Waals surface area contributed by atoms with Crippen molar-refractivity contribution in [2.45, 2.75) is 6.54 Å². The predicted molar refractivity (Wildman–Crippen MR) is 59.1 cm³/mol. The van der Waals surface area contributed by atoms with Crippen molar-refractivity contribution in [1.29, 1.82) is 0 Å². The molecule has 7 nitrogen and oxygen atoms in total. The molecule has 3 N–H and O–H groups in total. The standard InChI is InChI=1S/C9H8ClN5O2/c10-7-1-5(6(11)2-12-7)9(16)13-3-8-14-4-17-15-8/h1-2,4H,3,11H2,(H,13,16). The van der Waals surface area contributed by atoms with Crippen LogP contribution in [0.2, 0.25) is 5.15 Å². The van der Waals surface area contributed by atoms with E-state index in [1.54, 1.807) is 0 Å². The molecule has 17 heavy (non-hydrogen) atoms. The van der Waals surface area contributed by atoms with Crippen molar-refractivity contribution >= 4 is 23.2 Å². The zero-order valence-electron chi connectivity index (χ0n) is 8.55. The Balaban J connectivity index is 2.07. The highest BCUT2D eigenvalue weighted by atomic mass is 35.5. The maximum atomic E-state index is 11.7. The van der Waals surface area contributed by atoms with Crippen LogP contribution in [0.4, 0.5) is 5.69 Å². The number of hydrogen-bond acceptors (Lipinski definition) is 6. The number of nitrogen functional groups attached to an aromatic ring is 1. The fraction of sp³-hybridized carbons (Fsp3) is 0.111. The van der Waals surface area contributed by atoms with Crippen molar-refractivity contribution < 1.29 is 9.32 Å². The van der Waals surface area contributed by atoms with Crippen LogP contribution in [0.1, 0.15) is 16.2 Å². The van der Waals surface area contributed by atoms with Gasteiger partial charge >= 0.3 is 0 Å². The second-order valence-electron chi connectivity index (χ2n) is 3.12. The molecular weight excluding hydrogens is 246 g/mol. The minimum atomic E-state index is -0.378. The summed E-state index contributed by atoms with van der Waals surface area (Å²) in [6, 6.07) is 1.39. The number of hydrogen-bond donors (Lipinski definition) is 2. The number of anilines is 1. The van der Waals surface area contributed by atoms with Crippen molar-refractivity contribution in [1.82, 2.24) is 20.4 Å². The van der Waals surface area contributed by atoms with E-state index in [-0.39, 0.29) is 28.9 Å². The van der Waals surface area contributed by atoms with Crippen LogP contribution in [0.5, 0.6) is 0 Å². The molecule has 0 aromatic carbocycles. The summed E-state index contributed by atoms with van der Waals surface area (Å²) < 4.78 is 4.53. The quantitative estimate of drug-likeness (QED) is 0.777. The average molecular weight is 254 g/mol. The number of nitrogens with zero attached hydrogens (tertiary/aromatic N) is 3. The zero-order chi connectivity index (χ0) is 12.3. The Bertz CT molecular complexity index is 528. The number of nitrogens with two attached hydrogens (primary N) is 1. The van der Waals surface area contributed by atoms with Gasteiger partial charge < -0.3 is 15.6 Å². The highest BCUT2D eigenvalue weighted by Crippen LogP contribution is 2.14. The Morgan fingerprint density at radius 1 is 1.53 bits per heavy atom. The summed E-state index contributed by atoms with van der Waals surface area (Å²) in [7, 11) is 0. The van der Waals surface area contributed by atoms with E-state index >= 15 is 0 Å². The molecule has 0 saturated carbocycles. The molecule has 2 aromatic heterocycles. The molecule has 2 aromatic rings. The van der Waals surface area contributed by atoms with Crippen LogP contribution in [0, 0.1) is 0 Å². The number of carbonyl (C=O) groups is 1. The van der Waals surface area contributed by atoms with Gasteiger partial charge in [0.05, 0.1) is 24.0 Å². The van der Waals surface area contributed by atoms with Gasteiger partial charge in [0.25, 0.3) is 5.91 Å². The molecule has 0 aliphatic rings. The Kier molecular flexibility index (Phi) is 3.20. The van der Waals surface area contributed by atoms with Crippen molar-refractivity contribution in [3.63, 3.8) is 0 Å². The minimum Gasteiger partial charge on any atom is -0.397 e. The molecule has 0 spiro atoms. The Morgan fingerprint density at radius 2 is 2.35 bits per heavy atom. The third-order valence-corrected chi connectivity index (χ3v) is 2.17. The summed E-state index contributed by atoms with van der Waals surface area (Å²) in [4.78, 5) is 19.3. The van der Waals surface area contributed by atoms with Crippen LogP contribution in [0.3, 0.4) is 0 Å². The summed E-state index contributed by atoms with van der Waals surface area (Å²) in [5.74, 6) is -0.00586. The SMILES string of the molecule is Nc1cnc(Cl)cc1C(=O)NCc1ncon1. The van der Waals surface area contributed by atoms with Crippen LogP contribution >= 0.6 is 11.6 Å². The third kappa shape index (κ3) is 2.70. The molecule has 8 heteroatoms. The summed E-state index contributed by atoms with van der Waals surface area (Å²) in [6.07, 6.45) is 2.50. The molecule has 0 aliphatic heterocycles. The molecule has 0 unspecified atom stereocenters. The molecule has 0 saturated heterocycles. The number of carbonyl (C=O) groups excluding carboxylic acids is 1. The molecule has 0 aliphatic carbocycles. The normalized spacial score (nSPS) is 10.2. The van der Waals surface area contributed by atoms with Crippen molar-refractivity contribution in [2.24, 2.45) is 0 Å². The number of rotatable bonds is 3. The van der Waals surface area contributed by atoms with Gasteiger partial charge in [-0.05, 0) is 6.07 Å². The van der Waals surface area contributed by atoms with Crippen LogP contribution in [-0.4, -0.2) is 21.0 Å². The van der Waals surface area contributed by atoms with Gasteiger partial charge in [-0.15, -0.1) is 0 Å². The Morgan fingerprint density at radius 3 is 3.06 bits per heavy atom. The topological polar surface area (TPSA) is 107 Å². The van der Waals surface area contributed by atoms with Gasteiger partial charge in [0.15, 0.2) is 5.82 Å². The summed E-state index contributed by atoms with van der Waals surface area (Å²) in [5, 5.41) is 6.33. The lowest BCUT2D eigenvalue weighted by atomic mass is 10.2. The van der Waals surface area contributed by atoms with Crippen LogP contribution in [0.15, 0.2) is 23.2 Å². The Hall–Kier alpha value is -2.15. The second-order valence-corrected chi connectivity index (χ2v) is 3.51. The Labute approximate surface area is 101 Å². The molecule has 0 radical (unpaired) electrons. The number of aromatic nitrogens is 3. The van der Waals surface area contributed by atoms with E-state index in [9.17, 15) is 4.79 Å². The first-order valence-corrected chi connectivity index (χ1v) is 4.99. The number of halogens is 1. The highest BCUT2D eigenvalue weighted by molar-refractivity contribution is 6.29. The molecule has 0 atom stereocenters. The summed E-state index contributed by atoms with van der Waals surface area (Å²) in [6.45, 7) is 0.148. The molecular formula is C9H8ClN5O2. The first kappa shape index (κ1) is 11.3. The van der Waals surface area contributed by atoms with Crippen molar-refractivity contribution in [3.8, 4) is 0 Å². The van der Waals surface area contributed by atoms with Gasteiger partial charge in [-0.3, -0.25) is 4.79 Å². The van der Waals surface area contributed by atoms with E-state index in [0.717, 1.165) is 0 Å². The van der Waals surface area contributed by atoms with Gasteiger partial charge in [0.1, 0.15) is 5.15 Å². The van der Waals surface area contributed by atoms with E-state index < -0.39 is 0 Å². The van der Waals surface area contributed by atoms with E-state index in [0.29, 0.717) is 5.82 Å². The molecule has 0 bridgehead atoms. The first-order valence-electron chi connectivity index (χ1n) is 4.61. The smallest absolute Gasteiger partial charge is 0.253 e. The number of amides is 1. The van der Waals surface area contributed by atoms with Crippen molar-refractivity contribution in [3.05, 3.63) is 35.2 Å². The lowest BCUT2D eigenvalue weighted by Gasteiger charge is -2.05. The molecule has 2 heterocycles. The third-order valence-electron chi connectivity index (χ3n) is 1.96. The monoisotopic (exact) mass is 253 g/mol. The zero-order valence-corrected chi connectivity index (χ0v) is 9.31. The fourth-order valence-electron chi connectivity index (χ4n) is 1.16. The van der Waals surface area contributed by atoms with Crippen molar-refractivity contribution in [2.75, 3.05) is 5.73 Å². The van der Waals surface area contributed by atoms with Gasteiger partial charge in [-0.2, -0.15) is 4.98 Å². The largest absolute Gasteiger partial charge is 0.397 e. The van der Waals surface area contributed by atoms with Crippen LogP contribution < -0.4 is 11.1 Å². The van der Waals surface area contributed by atoms with Gasteiger partial charge in [0.2, 0.25) is 6.39 Å². The maximum Gasteiger partial charge on any atom is 0.253 e. The lowest BCUT2D eigenvalue weighted by molar-refractivity contribution is 0.0950. The first-order chi connectivity index (χ1) is 8.16. The lowest BCUT2D eigenvalue weighted by Crippen LogP contribution is -2.24. The molecule has 2 rings (SSSR count). The summed E-state index contributed by atoms with van der Waals surface area (Å²) in [5.41, 5.74) is 6.12. The highest BCUT2D eigenvalue weighted by Gasteiger charge is 2.11. The van der Waals surface area contributed by atoms with E-state index in [4.69, 9.17) is 17.3 Å². The number of nitrogens with one attached hydrogen (secondary N) is 1. The maximum absolute atomic E-state index is 11.7. The van der Waals surface area contributed by atoms with Crippen LogP contribution in [0.25, 0.3) is 0 Å². The van der Waals surface area contributed by atoms with Gasteiger partial charge in [-0.1, -0.05) is 16.8 Å². The molecule has 1 amide bonds. The van der Waals surface area contributed by atoms with Crippen LogP contribution in [-0.2, 0) is 6.54 Å². The van der Waals surface area contributed by atoms with E-state index in [1.165, 1.54) is 18.7 Å². The molecule has 0 fully saturated rings. The fourth-order valence-corrected chi connectivity index (χ4v) is 1.32. The molecule has 88 valence electrons. The predicted octanol–water partition coefficient (Wildman–Crippen LogP) is 0.630. The number of pyridine rings is 1. The second kappa shape index (κ2) is 4.79. The minimum absolute atomic E-state index is 0.148. The summed E-state index contributed by atoms with van der Waals surface area (Å²) >= 11 is 5.67. The van der Waals surface area contributed by atoms with E-state index in [1.807, 2.05) is 0 Å². The van der Waals surface area contributed by atoms with E-state index in [2.05, 4.69) is 25.0 Å².